The second-order valence-electron chi connectivity index (χ2n) is 2.78. The molecule has 1 N–H and O–H groups in total. The molecule has 5 heteroatoms. The molecule has 0 spiro atoms. The molecule has 4 nitrogen and oxygen atoms in total. The molecule has 1 aromatic carbocycles. The van der Waals surface area contributed by atoms with Gasteiger partial charge >= 0.3 is 5.97 Å². The number of hydrogen-bond donors (Lipinski definition) is 1. The van der Waals surface area contributed by atoms with Gasteiger partial charge in [0.15, 0.2) is 11.5 Å². The number of hydrogen-bond acceptors (Lipinski definition) is 3. The third-order valence-electron chi connectivity index (χ3n) is 2.02. The molecule has 0 unspecified atom stereocenters. The van der Waals surface area contributed by atoms with E-state index >= 15 is 0 Å². The van der Waals surface area contributed by atoms with Gasteiger partial charge in [0.2, 0.25) is 6.79 Å². The Morgan fingerprint density at radius 2 is 2.14 bits per heavy atom. The van der Waals surface area contributed by atoms with Gasteiger partial charge in [-0.25, -0.2) is 4.79 Å². The van der Waals surface area contributed by atoms with E-state index < -0.39 is 5.97 Å². The van der Waals surface area contributed by atoms with Gasteiger partial charge in [-0.15, -0.1) is 12.4 Å². The van der Waals surface area contributed by atoms with Crippen LogP contribution < -0.4 is 9.47 Å². The Morgan fingerprint density at radius 3 is 2.79 bits per heavy atom. The van der Waals surface area contributed by atoms with Crippen molar-refractivity contribution in [2.45, 2.75) is 6.92 Å². The molecule has 2 rings (SSSR count). The fraction of sp³-hybridized carbons (Fsp3) is 0.222. The summed E-state index contributed by atoms with van der Waals surface area (Å²) in [7, 11) is 0. The Kier molecular flexibility index (Phi) is 2.86. The molecule has 0 atom stereocenters. The topological polar surface area (TPSA) is 55.8 Å². The van der Waals surface area contributed by atoms with Crippen molar-refractivity contribution in [2.75, 3.05) is 6.79 Å². The molecule has 0 radical (unpaired) electrons. The fourth-order valence-electron chi connectivity index (χ4n) is 1.34. The Labute approximate surface area is 86.9 Å². The molecule has 0 saturated heterocycles. The average molecular weight is 217 g/mol. The van der Waals surface area contributed by atoms with E-state index in [0.717, 1.165) is 0 Å². The first-order chi connectivity index (χ1) is 6.20. The van der Waals surface area contributed by atoms with Gasteiger partial charge in [-0.3, -0.25) is 0 Å². The molecule has 1 aliphatic rings. The Bertz CT molecular complexity index is 375. The summed E-state index contributed by atoms with van der Waals surface area (Å²) in [6.45, 7) is 1.87. The zero-order valence-electron chi connectivity index (χ0n) is 7.44. The first kappa shape index (κ1) is 10.7. The maximum absolute atomic E-state index is 10.7. The molecule has 0 aromatic heterocycles. The molecule has 0 saturated carbocycles. The molecular formula is C9H9ClO4. The largest absolute Gasteiger partial charge is 0.478 e. The van der Waals surface area contributed by atoms with E-state index in [0.29, 0.717) is 17.1 Å². The van der Waals surface area contributed by atoms with Crippen molar-refractivity contribution in [3.05, 3.63) is 23.3 Å². The summed E-state index contributed by atoms with van der Waals surface area (Å²) < 4.78 is 10.2. The van der Waals surface area contributed by atoms with E-state index in [4.69, 9.17) is 14.6 Å². The highest BCUT2D eigenvalue weighted by atomic mass is 35.5. The number of carbonyl (C=O) groups is 1. The van der Waals surface area contributed by atoms with E-state index in [1.165, 1.54) is 6.07 Å². The number of aromatic carboxylic acids is 1. The van der Waals surface area contributed by atoms with Gasteiger partial charge in [-0.05, 0) is 19.1 Å². The van der Waals surface area contributed by atoms with E-state index in [1.807, 2.05) is 0 Å². The number of benzene rings is 1. The van der Waals surface area contributed by atoms with Gasteiger partial charge < -0.3 is 14.6 Å². The van der Waals surface area contributed by atoms with Gasteiger partial charge in [0.25, 0.3) is 0 Å². The first-order valence-electron chi connectivity index (χ1n) is 3.82. The van der Waals surface area contributed by atoms with Crippen molar-refractivity contribution in [3.8, 4) is 11.5 Å². The minimum absolute atomic E-state index is 0. The van der Waals surface area contributed by atoms with Crippen LogP contribution in [0.3, 0.4) is 0 Å². The molecule has 0 bridgehead atoms. The summed E-state index contributed by atoms with van der Waals surface area (Å²) in [5.74, 6) is 0.207. The summed E-state index contributed by atoms with van der Waals surface area (Å²) in [6.07, 6.45) is 0. The summed E-state index contributed by atoms with van der Waals surface area (Å²) in [4.78, 5) is 10.7. The quantitative estimate of drug-likeness (QED) is 0.778. The Hall–Kier alpha value is -1.42. The minimum Gasteiger partial charge on any atom is -0.478 e. The zero-order valence-corrected chi connectivity index (χ0v) is 8.26. The lowest BCUT2D eigenvalue weighted by molar-refractivity contribution is 0.0695. The SMILES string of the molecule is Cc1c(C(=O)O)ccc2c1OCO2.Cl. The second-order valence-corrected chi connectivity index (χ2v) is 2.78. The van der Waals surface area contributed by atoms with Crippen LogP contribution >= 0.6 is 12.4 Å². The number of rotatable bonds is 1. The normalized spacial score (nSPS) is 12.1. The van der Waals surface area contributed by atoms with Crippen LogP contribution in [0.15, 0.2) is 12.1 Å². The van der Waals surface area contributed by atoms with Crippen LogP contribution in [0, 0.1) is 6.92 Å². The van der Waals surface area contributed by atoms with Crippen LogP contribution in [0.1, 0.15) is 15.9 Å². The molecule has 1 aromatic rings. The smallest absolute Gasteiger partial charge is 0.336 e. The lowest BCUT2D eigenvalue weighted by atomic mass is 10.1. The molecule has 0 aliphatic carbocycles. The van der Waals surface area contributed by atoms with Crippen molar-refractivity contribution in [1.29, 1.82) is 0 Å². The van der Waals surface area contributed by atoms with Crippen LogP contribution in [0.2, 0.25) is 0 Å². The van der Waals surface area contributed by atoms with Crippen molar-refractivity contribution in [1.82, 2.24) is 0 Å². The number of carboxylic acids is 1. The van der Waals surface area contributed by atoms with Crippen molar-refractivity contribution in [2.24, 2.45) is 0 Å². The van der Waals surface area contributed by atoms with Gasteiger partial charge in [0.1, 0.15) is 0 Å². The van der Waals surface area contributed by atoms with Crippen molar-refractivity contribution < 1.29 is 19.4 Å². The predicted octanol–water partition coefficient (Wildman–Crippen LogP) is 1.84. The van der Waals surface area contributed by atoms with Crippen LogP contribution in [-0.4, -0.2) is 17.9 Å². The molecule has 76 valence electrons. The maximum Gasteiger partial charge on any atom is 0.336 e. The van der Waals surface area contributed by atoms with Gasteiger partial charge in [-0.1, -0.05) is 0 Å². The minimum atomic E-state index is -0.948. The highest BCUT2D eigenvalue weighted by Gasteiger charge is 2.20. The summed E-state index contributed by atoms with van der Waals surface area (Å²) in [5, 5.41) is 8.80. The molecule has 14 heavy (non-hydrogen) atoms. The Morgan fingerprint density at radius 1 is 1.43 bits per heavy atom. The third-order valence-corrected chi connectivity index (χ3v) is 2.02. The monoisotopic (exact) mass is 216 g/mol. The molecule has 0 amide bonds. The van der Waals surface area contributed by atoms with E-state index in [9.17, 15) is 4.79 Å². The van der Waals surface area contributed by atoms with E-state index in [2.05, 4.69) is 0 Å². The molecule has 1 heterocycles. The predicted molar refractivity (Wildman–Crippen MR) is 51.5 cm³/mol. The fourth-order valence-corrected chi connectivity index (χ4v) is 1.34. The van der Waals surface area contributed by atoms with Gasteiger partial charge in [-0.2, -0.15) is 0 Å². The summed E-state index contributed by atoms with van der Waals surface area (Å²) >= 11 is 0. The van der Waals surface area contributed by atoms with Crippen molar-refractivity contribution >= 4 is 18.4 Å². The van der Waals surface area contributed by atoms with Crippen LogP contribution in [0.5, 0.6) is 11.5 Å². The molecule has 1 aliphatic heterocycles. The van der Waals surface area contributed by atoms with Crippen molar-refractivity contribution in [3.63, 3.8) is 0 Å². The summed E-state index contributed by atoms with van der Waals surface area (Å²) in [6, 6.07) is 3.13. The number of ether oxygens (including phenoxy) is 2. The van der Waals surface area contributed by atoms with Crippen LogP contribution in [-0.2, 0) is 0 Å². The second kappa shape index (κ2) is 3.75. The third kappa shape index (κ3) is 1.48. The first-order valence-corrected chi connectivity index (χ1v) is 3.82. The van der Waals surface area contributed by atoms with Gasteiger partial charge in [0, 0.05) is 5.56 Å². The van der Waals surface area contributed by atoms with E-state index in [1.54, 1.807) is 13.0 Å². The maximum atomic E-state index is 10.7. The van der Waals surface area contributed by atoms with Crippen LogP contribution in [0.4, 0.5) is 0 Å². The lowest BCUT2D eigenvalue weighted by Crippen LogP contribution is -2.00. The van der Waals surface area contributed by atoms with Gasteiger partial charge in [0.05, 0.1) is 5.56 Å². The Balaban J connectivity index is 0.000000980. The average Bonchev–Trinajstić information content (AvgIpc) is 2.52. The highest BCUT2D eigenvalue weighted by molar-refractivity contribution is 5.90. The lowest BCUT2D eigenvalue weighted by Gasteiger charge is -2.03. The highest BCUT2D eigenvalue weighted by Crippen LogP contribution is 2.36. The standard InChI is InChI=1S/C9H8O4.ClH/c1-5-6(9(10)11)2-3-7-8(5)13-4-12-7;/h2-3H,4H2,1H3,(H,10,11);1H. The van der Waals surface area contributed by atoms with Crippen LogP contribution in [0.25, 0.3) is 0 Å². The van der Waals surface area contributed by atoms with E-state index in [-0.39, 0.29) is 24.8 Å². The summed E-state index contributed by atoms with van der Waals surface area (Å²) in [5.41, 5.74) is 0.867. The number of fused-ring (bicyclic) bond motifs is 1. The zero-order chi connectivity index (χ0) is 9.42. The number of carboxylic acid groups (broad SMARTS) is 1. The molecular weight excluding hydrogens is 208 g/mol. The number of halogens is 1. The molecule has 0 fully saturated rings.